The van der Waals surface area contributed by atoms with E-state index in [2.05, 4.69) is 72.8 Å². The van der Waals surface area contributed by atoms with Crippen LogP contribution in [0.3, 0.4) is 0 Å². The first-order valence-electron chi connectivity index (χ1n) is 11.9. The van der Waals surface area contributed by atoms with E-state index in [1.165, 1.54) is 22.0 Å². The lowest BCUT2D eigenvalue weighted by Gasteiger charge is -2.28. The van der Waals surface area contributed by atoms with Gasteiger partial charge in [-0.15, -0.1) is 0 Å². The SMILES string of the molecule is Fc1ccc(OCc2ccccc2Cl)c(C[P+](c2ccccc2)(c2ccccc2)c2ccccc2)c1. The maximum Gasteiger partial charge on any atom is 0.126 e. The maximum absolute atomic E-state index is 14.7. The highest BCUT2D eigenvalue weighted by Gasteiger charge is 2.46. The normalized spacial score (nSPS) is 11.3. The molecule has 1 nitrogen and oxygen atoms in total. The van der Waals surface area contributed by atoms with Gasteiger partial charge in [-0.1, -0.05) is 84.4 Å². The minimum atomic E-state index is -2.20. The molecule has 0 spiro atoms. The zero-order chi connectivity index (χ0) is 24.8. The van der Waals surface area contributed by atoms with Gasteiger partial charge in [-0.3, -0.25) is 0 Å². The molecular formula is C32H26ClFOP+. The molecule has 0 heterocycles. The van der Waals surface area contributed by atoms with Gasteiger partial charge in [-0.2, -0.15) is 0 Å². The summed E-state index contributed by atoms with van der Waals surface area (Å²) in [6.07, 6.45) is 0.626. The van der Waals surface area contributed by atoms with Crippen LogP contribution < -0.4 is 20.7 Å². The zero-order valence-corrected chi connectivity index (χ0v) is 21.4. The second-order valence-corrected chi connectivity index (χ2v) is 12.5. The minimum absolute atomic E-state index is 0.276. The molecule has 0 aromatic heterocycles. The summed E-state index contributed by atoms with van der Waals surface area (Å²) in [6, 6.07) is 44.2. The molecule has 0 amide bonds. The Morgan fingerprint density at radius 3 is 1.61 bits per heavy atom. The second kappa shape index (κ2) is 11.1. The average Bonchev–Trinajstić information content (AvgIpc) is 2.93. The van der Waals surface area contributed by atoms with Crippen molar-refractivity contribution in [2.45, 2.75) is 12.8 Å². The molecule has 36 heavy (non-hydrogen) atoms. The summed E-state index contributed by atoms with van der Waals surface area (Å²) in [5.41, 5.74) is 1.73. The van der Waals surface area contributed by atoms with Crippen molar-refractivity contribution in [1.82, 2.24) is 0 Å². The standard InChI is InChI=1S/C32H26ClFOP/c33-31-19-11-10-12-25(31)23-35-32-21-20-27(34)22-26(32)24-36(28-13-4-1-5-14-28,29-15-6-2-7-16-29)30-17-8-3-9-18-30/h1-22H,23-24H2/q+1. The van der Waals surface area contributed by atoms with Gasteiger partial charge in [-0.05, 0) is 60.7 Å². The van der Waals surface area contributed by atoms with Crippen LogP contribution in [0.25, 0.3) is 0 Å². The molecule has 0 fully saturated rings. The lowest BCUT2D eigenvalue weighted by Crippen LogP contribution is -2.32. The average molecular weight is 512 g/mol. The Hall–Kier alpha value is -3.45. The van der Waals surface area contributed by atoms with Gasteiger partial charge in [0.15, 0.2) is 0 Å². The molecule has 5 aromatic rings. The Balaban J connectivity index is 1.65. The number of hydrogen-bond donors (Lipinski definition) is 0. The fourth-order valence-corrected chi connectivity index (χ4v) is 9.04. The van der Waals surface area contributed by atoms with Crippen LogP contribution in [0.4, 0.5) is 4.39 Å². The molecule has 5 rings (SSSR count). The van der Waals surface area contributed by atoms with E-state index in [4.69, 9.17) is 16.3 Å². The minimum Gasteiger partial charge on any atom is -0.488 e. The van der Waals surface area contributed by atoms with Crippen LogP contribution >= 0.6 is 18.9 Å². The van der Waals surface area contributed by atoms with Crippen LogP contribution in [0, 0.1) is 5.82 Å². The highest BCUT2D eigenvalue weighted by atomic mass is 35.5. The van der Waals surface area contributed by atoms with Crippen molar-refractivity contribution in [2.24, 2.45) is 0 Å². The van der Waals surface area contributed by atoms with E-state index < -0.39 is 7.26 Å². The molecular weight excluding hydrogens is 486 g/mol. The third-order valence-corrected chi connectivity index (χ3v) is 11.1. The van der Waals surface area contributed by atoms with Gasteiger partial charge < -0.3 is 4.74 Å². The van der Waals surface area contributed by atoms with E-state index in [-0.39, 0.29) is 5.82 Å². The molecule has 0 saturated carbocycles. The van der Waals surface area contributed by atoms with Crippen LogP contribution in [0.1, 0.15) is 11.1 Å². The molecule has 178 valence electrons. The lowest BCUT2D eigenvalue weighted by atomic mass is 10.2. The van der Waals surface area contributed by atoms with Gasteiger partial charge in [-0.25, -0.2) is 4.39 Å². The van der Waals surface area contributed by atoms with Crippen molar-refractivity contribution in [3.63, 3.8) is 0 Å². The zero-order valence-electron chi connectivity index (χ0n) is 19.7. The summed E-state index contributed by atoms with van der Waals surface area (Å²) in [5.74, 6) is 0.394. The molecule has 0 N–H and O–H groups in total. The topological polar surface area (TPSA) is 9.23 Å². The predicted octanol–water partition coefficient (Wildman–Crippen LogP) is 7.55. The predicted molar refractivity (Wildman–Crippen MR) is 151 cm³/mol. The van der Waals surface area contributed by atoms with E-state index in [1.54, 1.807) is 12.1 Å². The Morgan fingerprint density at radius 2 is 1.08 bits per heavy atom. The first-order valence-corrected chi connectivity index (χ1v) is 14.2. The Morgan fingerprint density at radius 1 is 0.583 bits per heavy atom. The van der Waals surface area contributed by atoms with Crippen molar-refractivity contribution in [2.75, 3.05) is 0 Å². The van der Waals surface area contributed by atoms with E-state index in [9.17, 15) is 4.39 Å². The highest BCUT2D eigenvalue weighted by Crippen LogP contribution is 2.59. The van der Waals surface area contributed by atoms with E-state index >= 15 is 0 Å². The smallest absolute Gasteiger partial charge is 0.126 e. The third-order valence-electron chi connectivity index (χ3n) is 6.36. The van der Waals surface area contributed by atoms with Crippen molar-refractivity contribution in [3.8, 4) is 5.75 Å². The lowest BCUT2D eigenvalue weighted by molar-refractivity contribution is 0.303. The molecule has 0 saturated heterocycles. The summed E-state index contributed by atoms with van der Waals surface area (Å²) < 4.78 is 21.0. The molecule has 0 aliphatic heterocycles. The summed E-state index contributed by atoms with van der Waals surface area (Å²) in [4.78, 5) is 0. The fourth-order valence-electron chi connectivity index (χ4n) is 4.61. The van der Waals surface area contributed by atoms with E-state index in [0.29, 0.717) is 23.5 Å². The number of rotatable bonds is 8. The monoisotopic (exact) mass is 511 g/mol. The Labute approximate surface area is 217 Å². The second-order valence-electron chi connectivity index (χ2n) is 8.61. The molecule has 0 bridgehead atoms. The van der Waals surface area contributed by atoms with Crippen molar-refractivity contribution >= 4 is 34.8 Å². The molecule has 0 aliphatic rings. The fraction of sp³-hybridized carbons (Fsp3) is 0.0625. The third kappa shape index (κ3) is 5.07. The number of hydrogen-bond acceptors (Lipinski definition) is 1. The Kier molecular flexibility index (Phi) is 7.47. The van der Waals surface area contributed by atoms with Gasteiger partial charge in [0.2, 0.25) is 0 Å². The summed E-state index contributed by atoms with van der Waals surface area (Å²) >= 11 is 6.37. The van der Waals surface area contributed by atoms with Gasteiger partial charge in [0.1, 0.15) is 47.5 Å². The van der Waals surface area contributed by atoms with Crippen LogP contribution in [0.2, 0.25) is 5.02 Å². The van der Waals surface area contributed by atoms with E-state index in [0.717, 1.165) is 11.1 Å². The Bertz CT molecular complexity index is 1330. The van der Waals surface area contributed by atoms with Crippen LogP contribution in [0.5, 0.6) is 5.75 Å². The first-order chi connectivity index (χ1) is 17.7. The van der Waals surface area contributed by atoms with Crippen molar-refractivity contribution < 1.29 is 9.13 Å². The quantitative estimate of drug-likeness (QED) is 0.195. The first kappa shape index (κ1) is 24.3. The van der Waals surface area contributed by atoms with Crippen molar-refractivity contribution in [3.05, 3.63) is 155 Å². The molecule has 5 aromatic carbocycles. The van der Waals surface area contributed by atoms with Gasteiger partial charge >= 0.3 is 0 Å². The number of benzene rings is 5. The van der Waals surface area contributed by atoms with Crippen LogP contribution in [-0.4, -0.2) is 0 Å². The van der Waals surface area contributed by atoms with Crippen molar-refractivity contribution in [1.29, 1.82) is 0 Å². The van der Waals surface area contributed by atoms with Gasteiger partial charge in [0.25, 0.3) is 0 Å². The summed E-state index contributed by atoms with van der Waals surface area (Å²) in [7, 11) is -2.20. The molecule has 0 atom stereocenters. The van der Waals surface area contributed by atoms with Gasteiger partial charge in [0.05, 0.1) is 0 Å². The highest BCUT2D eigenvalue weighted by molar-refractivity contribution is 7.95. The van der Waals surface area contributed by atoms with Crippen LogP contribution in [0.15, 0.2) is 133 Å². The van der Waals surface area contributed by atoms with Crippen LogP contribution in [-0.2, 0) is 12.8 Å². The maximum atomic E-state index is 14.7. The summed E-state index contributed by atoms with van der Waals surface area (Å²) in [6.45, 7) is 0.311. The largest absolute Gasteiger partial charge is 0.488 e. The number of halogens is 2. The molecule has 0 radical (unpaired) electrons. The summed E-state index contributed by atoms with van der Waals surface area (Å²) in [5, 5.41) is 4.37. The number of ether oxygens (including phenoxy) is 1. The molecule has 0 aliphatic carbocycles. The van der Waals surface area contributed by atoms with E-state index in [1.807, 2.05) is 42.5 Å². The molecule has 4 heteroatoms. The molecule has 0 unspecified atom stereocenters. The van der Waals surface area contributed by atoms with Gasteiger partial charge in [0, 0.05) is 16.1 Å².